The van der Waals surface area contributed by atoms with Crippen LogP contribution in [-0.2, 0) is 11.2 Å². The molecular weight excluding hydrogens is 358 g/mol. The average Bonchev–Trinajstić information content (AvgIpc) is 2.73. The summed E-state index contributed by atoms with van der Waals surface area (Å²) in [6, 6.07) is 16.6. The summed E-state index contributed by atoms with van der Waals surface area (Å²) >= 11 is 0. The number of hydrogen-bond donors (Lipinski definition) is 2. The van der Waals surface area contributed by atoms with Gasteiger partial charge in [0.2, 0.25) is 0 Å². The number of benzene rings is 3. The molecular formula is C24H16F2O2. The molecule has 2 nitrogen and oxygen atoms in total. The van der Waals surface area contributed by atoms with E-state index in [4.69, 9.17) is 12.8 Å². The van der Waals surface area contributed by atoms with Crippen molar-refractivity contribution in [2.75, 3.05) is 0 Å². The molecule has 3 aromatic carbocycles. The van der Waals surface area contributed by atoms with Crippen LogP contribution >= 0.6 is 0 Å². The SMILES string of the molecule is C#CC(O)(c1ccc(F)cc1)c1ccc(C(O)(C#C)c2ccc(F)cc2)cc1. The monoisotopic (exact) mass is 374 g/mol. The largest absolute Gasteiger partial charge is 0.369 e. The molecule has 0 aromatic heterocycles. The zero-order chi connectivity index (χ0) is 20.4. The number of rotatable bonds is 4. The molecule has 0 aliphatic heterocycles. The number of halogens is 2. The van der Waals surface area contributed by atoms with Gasteiger partial charge < -0.3 is 10.2 Å². The first-order chi connectivity index (χ1) is 13.3. The van der Waals surface area contributed by atoms with Gasteiger partial charge in [-0.1, -0.05) is 60.4 Å². The number of terminal acetylenes is 2. The summed E-state index contributed by atoms with van der Waals surface area (Å²) in [6.07, 6.45) is 11.1. The van der Waals surface area contributed by atoms with E-state index in [1.807, 2.05) is 0 Å². The molecule has 28 heavy (non-hydrogen) atoms. The van der Waals surface area contributed by atoms with Gasteiger partial charge in [-0.15, -0.1) is 12.8 Å². The molecule has 0 aliphatic rings. The van der Waals surface area contributed by atoms with Gasteiger partial charge in [0.15, 0.2) is 11.2 Å². The van der Waals surface area contributed by atoms with Gasteiger partial charge >= 0.3 is 0 Å². The second kappa shape index (κ2) is 7.29. The normalized spacial score (nSPS) is 14.9. The van der Waals surface area contributed by atoms with E-state index >= 15 is 0 Å². The summed E-state index contributed by atoms with van der Waals surface area (Å²) < 4.78 is 26.4. The van der Waals surface area contributed by atoms with E-state index < -0.39 is 22.8 Å². The maximum atomic E-state index is 13.2. The van der Waals surface area contributed by atoms with Crippen LogP contribution in [0.2, 0.25) is 0 Å². The second-order valence-corrected chi connectivity index (χ2v) is 6.30. The molecule has 0 saturated carbocycles. The van der Waals surface area contributed by atoms with Gasteiger partial charge in [-0.3, -0.25) is 0 Å². The van der Waals surface area contributed by atoms with Gasteiger partial charge in [0, 0.05) is 22.3 Å². The van der Waals surface area contributed by atoms with Gasteiger partial charge in [0.25, 0.3) is 0 Å². The lowest BCUT2D eigenvalue weighted by Crippen LogP contribution is -2.27. The minimum absolute atomic E-state index is 0.329. The first-order valence-corrected chi connectivity index (χ1v) is 8.37. The summed E-state index contributed by atoms with van der Waals surface area (Å²) in [5, 5.41) is 21.9. The highest BCUT2D eigenvalue weighted by atomic mass is 19.1. The third-order valence-electron chi connectivity index (χ3n) is 4.66. The molecule has 0 fully saturated rings. The fourth-order valence-corrected chi connectivity index (χ4v) is 3.00. The van der Waals surface area contributed by atoms with Crippen LogP contribution in [0.5, 0.6) is 0 Å². The van der Waals surface area contributed by atoms with E-state index in [9.17, 15) is 19.0 Å². The first-order valence-electron chi connectivity index (χ1n) is 8.37. The molecule has 0 spiro atoms. The maximum absolute atomic E-state index is 13.2. The Kier molecular flexibility index (Phi) is 5.03. The van der Waals surface area contributed by atoms with E-state index in [2.05, 4.69) is 11.8 Å². The topological polar surface area (TPSA) is 40.5 Å². The molecule has 4 heteroatoms. The van der Waals surface area contributed by atoms with Crippen LogP contribution < -0.4 is 0 Å². The summed E-state index contributed by atoms with van der Waals surface area (Å²) in [6.45, 7) is 0. The van der Waals surface area contributed by atoms with Crippen LogP contribution in [0.4, 0.5) is 8.78 Å². The molecule has 138 valence electrons. The molecule has 2 unspecified atom stereocenters. The van der Waals surface area contributed by atoms with Crippen molar-refractivity contribution in [2.45, 2.75) is 11.2 Å². The molecule has 0 aliphatic carbocycles. The summed E-state index contributed by atoms with van der Waals surface area (Å²) in [5.74, 6) is 3.76. The molecule has 0 bridgehead atoms. The van der Waals surface area contributed by atoms with Crippen molar-refractivity contribution in [3.8, 4) is 24.7 Å². The Morgan fingerprint density at radius 3 is 0.964 bits per heavy atom. The van der Waals surface area contributed by atoms with Crippen molar-refractivity contribution in [2.24, 2.45) is 0 Å². The van der Waals surface area contributed by atoms with Gasteiger partial charge in [-0.2, -0.15) is 0 Å². The summed E-state index contributed by atoms with van der Waals surface area (Å²) in [5.41, 5.74) is -2.20. The average molecular weight is 374 g/mol. The predicted molar refractivity (Wildman–Crippen MR) is 103 cm³/mol. The Morgan fingerprint density at radius 1 is 0.536 bits per heavy atom. The molecule has 0 amide bonds. The quantitative estimate of drug-likeness (QED) is 0.684. The fourth-order valence-electron chi connectivity index (χ4n) is 3.00. The van der Waals surface area contributed by atoms with E-state index in [-0.39, 0.29) is 0 Å². The van der Waals surface area contributed by atoms with Gasteiger partial charge in [-0.05, 0) is 24.3 Å². The lowest BCUT2D eigenvalue weighted by atomic mass is 9.83. The Morgan fingerprint density at radius 2 is 0.750 bits per heavy atom. The zero-order valence-corrected chi connectivity index (χ0v) is 14.7. The Labute approximate surface area is 162 Å². The van der Waals surface area contributed by atoms with Crippen LogP contribution in [0.3, 0.4) is 0 Å². The number of aliphatic hydroxyl groups is 2. The number of hydrogen-bond acceptors (Lipinski definition) is 2. The standard InChI is InChI=1S/C24H16F2O2/c1-3-23(27,19-9-13-21(25)14-10-19)17-5-7-18(8-6-17)24(28,4-2)20-11-15-22(26)16-12-20/h1-2,5-16,27-28H. The minimum atomic E-state index is -1.78. The highest BCUT2D eigenvalue weighted by Gasteiger charge is 2.32. The van der Waals surface area contributed by atoms with E-state index in [1.54, 1.807) is 0 Å². The van der Waals surface area contributed by atoms with Crippen molar-refractivity contribution < 1.29 is 19.0 Å². The third kappa shape index (κ3) is 3.28. The second-order valence-electron chi connectivity index (χ2n) is 6.30. The smallest absolute Gasteiger partial charge is 0.176 e. The van der Waals surface area contributed by atoms with Crippen LogP contribution in [0.1, 0.15) is 22.3 Å². The minimum Gasteiger partial charge on any atom is -0.369 e. The lowest BCUT2D eigenvalue weighted by Gasteiger charge is -2.26. The molecule has 3 aromatic rings. The maximum Gasteiger partial charge on any atom is 0.176 e. The molecule has 3 rings (SSSR count). The van der Waals surface area contributed by atoms with Gasteiger partial charge in [-0.25, -0.2) is 8.78 Å². The van der Waals surface area contributed by atoms with Crippen molar-refractivity contribution >= 4 is 0 Å². The van der Waals surface area contributed by atoms with Crippen LogP contribution in [-0.4, -0.2) is 10.2 Å². The Balaban J connectivity index is 2.02. The zero-order valence-electron chi connectivity index (χ0n) is 14.7. The summed E-state index contributed by atoms with van der Waals surface area (Å²) in [4.78, 5) is 0. The summed E-state index contributed by atoms with van der Waals surface area (Å²) in [7, 11) is 0. The Hall–Kier alpha value is -3.44. The van der Waals surface area contributed by atoms with E-state index in [1.165, 1.54) is 72.8 Å². The van der Waals surface area contributed by atoms with Crippen molar-refractivity contribution in [1.29, 1.82) is 0 Å². The van der Waals surface area contributed by atoms with E-state index in [0.29, 0.717) is 22.3 Å². The predicted octanol–water partition coefficient (Wildman–Crippen LogP) is 3.70. The molecule has 0 saturated heterocycles. The third-order valence-corrected chi connectivity index (χ3v) is 4.66. The van der Waals surface area contributed by atoms with E-state index in [0.717, 1.165) is 0 Å². The molecule has 2 N–H and O–H groups in total. The molecule has 2 atom stereocenters. The molecule has 0 radical (unpaired) electrons. The van der Waals surface area contributed by atoms with Crippen molar-refractivity contribution in [1.82, 2.24) is 0 Å². The first kappa shape index (κ1) is 19.3. The van der Waals surface area contributed by atoms with Gasteiger partial charge in [0.05, 0.1) is 0 Å². The van der Waals surface area contributed by atoms with Crippen LogP contribution in [0.15, 0.2) is 72.8 Å². The fraction of sp³-hybridized carbons (Fsp3) is 0.0833. The van der Waals surface area contributed by atoms with Gasteiger partial charge in [0.1, 0.15) is 11.6 Å². The van der Waals surface area contributed by atoms with Crippen LogP contribution in [0.25, 0.3) is 0 Å². The highest BCUT2D eigenvalue weighted by molar-refractivity contribution is 5.48. The van der Waals surface area contributed by atoms with Crippen LogP contribution in [0, 0.1) is 36.3 Å². The highest BCUT2D eigenvalue weighted by Crippen LogP contribution is 2.33. The lowest BCUT2D eigenvalue weighted by molar-refractivity contribution is 0.141. The molecule has 0 heterocycles. The van der Waals surface area contributed by atoms with Crippen molar-refractivity contribution in [3.05, 3.63) is 107 Å². The van der Waals surface area contributed by atoms with Crippen molar-refractivity contribution in [3.63, 3.8) is 0 Å². The Bertz CT molecular complexity index is 970.